The van der Waals surface area contributed by atoms with Gasteiger partial charge in [-0.3, -0.25) is 14.4 Å². The van der Waals surface area contributed by atoms with Crippen molar-refractivity contribution in [1.82, 2.24) is 10.2 Å². The van der Waals surface area contributed by atoms with Crippen LogP contribution >= 0.6 is 11.6 Å². The molecule has 3 amide bonds. The van der Waals surface area contributed by atoms with E-state index in [0.29, 0.717) is 46.7 Å². The van der Waals surface area contributed by atoms with Crippen LogP contribution in [-0.2, 0) is 11.2 Å². The Morgan fingerprint density at radius 1 is 1.17 bits per heavy atom. The Hall–Kier alpha value is -2.94. The van der Waals surface area contributed by atoms with Crippen molar-refractivity contribution in [1.29, 1.82) is 0 Å². The summed E-state index contributed by atoms with van der Waals surface area (Å²) in [6.07, 6.45) is 3.18. The van der Waals surface area contributed by atoms with Crippen LogP contribution in [-0.4, -0.2) is 68.6 Å². The zero-order valence-electron chi connectivity index (χ0n) is 19.6. The van der Waals surface area contributed by atoms with Crippen LogP contribution in [0.25, 0.3) is 0 Å². The maximum atomic E-state index is 13.2. The van der Waals surface area contributed by atoms with Gasteiger partial charge < -0.3 is 19.7 Å². The van der Waals surface area contributed by atoms with Crippen LogP contribution in [0.15, 0.2) is 30.3 Å². The lowest BCUT2D eigenvalue weighted by molar-refractivity contribution is 0.0900. The minimum Gasteiger partial charge on any atom is -0.492 e. The van der Waals surface area contributed by atoms with Gasteiger partial charge in [-0.2, -0.15) is 0 Å². The van der Waals surface area contributed by atoms with Crippen molar-refractivity contribution in [3.05, 3.63) is 57.6 Å². The van der Waals surface area contributed by atoms with Crippen LogP contribution in [0.1, 0.15) is 55.9 Å². The number of piperidine rings is 1. The Morgan fingerprint density at radius 2 is 1.86 bits per heavy atom. The molecule has 0 radical (unpaired) electrons. The van der Waals surface area contributed by atoms with Crippen molar-refractivity contribution in [2.24, 2.45) is 0 Å². The number of fused-ring (bicyclic) bond motifs is 2. The second-order valence-electron chi connectivity index (χ2n) is 9.09. The topological polar surface area (TPSA) is 88.2 Å². The molecule has 0 saturated carbocycles. The molecule has 9 heteroatoms. The molecule has 0 unspecified atom stereocenters. The van der Waals surface area contributed by atoms with E-state index in [4.69, 9.17) is 21.1 Å². The number of hydrogen-bond donors (Lipinski definition) is 1. The number of rotatable bonds is 7. The smallest absolute Gasteiger partial charge is 0.266 e. The summed E-state index contributed by atoms with van der Waals surface area (Å²) in [7, 11) is 1.71. The Balaban J connectivity index is 1.34. The van der Waals surface area contributed by atoms with Crippen LogP contribution in [0.4, 0.5) is 5.69 Å². The number of hydrogen-bond acceptors (Lipinski definition) is 6. The summed E-state index contributed by atoms with van der Waals surface area (Å²) in [4.78, 5) is 42.9. The zero-order chi connectivity index (χ0) is 24.5. The monoisotopic (exact) mass is 497 g/mol. The fourth-order valence-electron chi connectivity index (χ4n) is 5.13. The van der Waals surface area contributed by atoms with E-state index in [1.165, 1.54) is 6.07 Å². The van der Waals surface area contributed by atoms with Gasteiger partial charge in [0.2, 0.25) is 0 Å². The van der Waals surface area contributed by atoms with Crippen LogP contribution in [0.2, 0.25) is 5.02 Å². The molecule has 35 heavy (non-hydrogen) atoms. The predicted molar refractivity (Wildman–Crippen MR) is 132 cm³/mol. The van der Waals surface area contributed by atoms with E-state index in [0.717, 1.165) is 50.4 Å². The van der Waals surface area contributed by atoms with Gasteiger partial charge in [0.05, 0.1) is 34.0 Å². The van der Waals surface area contributed by atoms with E-state index < -0.39 is 11.8 Å². The molecule has 1 N–H and O–H groups in total. The number of halogens is 1. The lowest BCUT2D eigenvalue weighted by Crippen LogP contribution is -2.45. The molecule has 2 aromatic rings. The second-order valence-corrected chi connectivity index (χ2v) is 9.49. The van der Waals surface area contributed by atoms with Crippen molar-refractivity contribution in [3.63, 3.8) is 0 Å². The molecule has 0 atom stereocenters. The summed E-state index contributed by atoms with van der Waals surface area (Å²) >= 11 is 6.63. The molecule has 1 fully saturated rings. The van der Waals surface area contributed by atoms with Gasteiger partial charge in [-0.15, -0.1) is 0 Å². The summed E-state index contributed by atoms with van der Waals surface area (Å²) in [6.45, 7) is 3.93. The van der Waals surface area contributed by atoms with E-state index in [1.54, 1.807) is 31.4 Å². The van der Waals surface area contributed by atoms with Crippen LogP contribution in [0.3, 0.4) is 0 Å². The van der Waals surface area contributed by atoms with Crippen LogP contribution < -0.4 is 15.0 Å². The minimum absolute atomic E-state index is 0.0629. The summed E-state index contributed by atoms with van der Waals surface area (Å²) in [6, 6.07) is 8.28. The summed E-state index contributed by atoms with van der Waals surface area (Å²) in [5.74, 6) is -0.695. The molecule has 3 heterocycles. The fourth-order valence-corrected chi connectivity index (χ4v) is 5.43. The summed E-state index contributed by atoms with van der Waals surface area (Å²) in [5.41, 5.74) is 1.95. The molecule has 0 bridgehead atoms. The Morgan fingerprint density at radius 3 is 2.51 bits per heavy atom. The van der Waals surface area contributed by atoms with E-state index >= 15 is 0 Å². The molecule has 0 aliphatic carbocycles. The number of likely N-dealkylation sites (tertiary alicyclic amines) is 1. The molecule has 2 aromatic carbocycles. The van der Waals surface area contributed by atoms with Gasteiger partial charge in [0, 0.05) is 51.4 Å². The average molecular weight is 498 g/mol. The number of amides is 3. The van der Waals surface area contributed by atoms with E-state index in [-0.39, 0.29) is 17.0 Å². The first kappa shape index (κ1) is 23.8. The number of methoxy groups -OCH3 is 1. The molecule has 8 nitrogen and oxygen atoms in total. The van der Waals surface area contributed by atoms with Gasteiger partial charge in [0.1, 0.15) is 5.75 Å². The molecule has 3 aliphatic heterocycles. The van der Waals surface area contributed by atoms with Gasteiger partial charge in [0.15, 0.2) is 0 Å². The SMILES string of the molecule is COCCCN1CCC(NC(=O)c2cc(Cl)c(N3C(=O)c4ccccc4C3=O)c3c2OCC3)CC1. The lowest BCUT2D eigenvalue weighted by atomic mass is 10.0. The Kier molecular flexibility index (Phi) is 6.77. The third-order valence-corrected chi connectivity index (χ3v) is 7.20. The van der Waals surface area contributed by atoms with Gasteiger partial charge >= 0.3 is 0 Å². The number of nitrogens with one attached hydrogen (secondary N) is 1. The van der Waals surface area contributed by atoms with Gasteiger partial charge in [-0.05, 0) is 37.5 Å². The molecule has 184 valence electrons. The van der Waals surface area contributed by atoms with E-state index in [2.05, 4.69) is 10.2 Å². The molecule has 0 spiro atoms. The number of imide groups is 1. The number of ether oxygens (including phenoxy) is 2. The van der Waals surface area contributed by atoms with Gasteiger partial charge in [-0.1, -0.05) is 23.7 Å². The quantitative estimate of drug-likeness (QED) is 0.466. The number of benzene rings is 2. The van der Waals surface area contributed by atoms with Crippen molar-refractivity contribution >= 4 is 35.0 Å². The fraction of sp³-hybridized carbons (Fsp3) is 0.423. The number of carbonyl (C=O) groups is 3. The molecular weight excluding hydrogens is 470 g/mol. The first-order valence-corrected chi connectivity index (χ1v) is 12.4. The number of carbonyl (C=O) groups excluding carboxylic acids is 3. The predicted octanol–water partition coefficient (Wildman–Crippen LogP) is 3.31. The average Bonchev–Trinajstić information content (AvgIpc) is 3.44. The molecular formula is C26H28ClN3O5. The minimum atomic E-state index is -0.420. The molecule has 3 aliphatic rings. The van der Waals surface area contributed by atoms with Crippen LogP contribution in [0, 0.1) is 0 Å². The maximum absolute atomic E-state index is 13.2. The van der Waals surface area contributed by atoms with E-state index in [1.807, 2.05) is 0 Å². The Labute approximate surface area is 209 Å². The van der Waals surface area contributed by atoms with Crippen LogP contribution in [0.5, 0.6) is 5.75 Å². The first-order chi connectivity index (χ1) is 17.0. The first-order valence-electron chi connectivity index (χ1n) is 12.0. The zero-order valence-corrected chi connectivity index (χ0v) is 20.4. The highest BCUT2D eigenvalue weighted by atomic mass is 35.5. The molecule has 5 rings (SSSR count). The standard InChI is InChI=1S/C26H28ClN3O5/c1-34-13-4-10-29-11-7-16(8-12-29)28-24(31)20-15-21(27)22(19-9-14-35-23(19)20)30-25(32)17-5-2-3-6-18(17)26(30)33/h2-3,5-6,15-16H,4,7-14H2,1H3,(H,28,31). The largest absolute Gasteiger partial charge is 0.492 e. The Bertz CT molecular complexity index is 1140. The van der Waals surface area contributed by atoms with Gasteiger partial charge in [0.25, 0.3) is 17.7 Å². The summed E-state index contributed by atoms with van der Waals surface area (Å²) < 4.78 is 11.0. The third-order valence-electron chi connectivity index (χ3n) is 6.91. The van der Waals surface area contributed by atoms with Crippen molar-refractivity contribution < 1.29 is 23.9 Å². The van der Waals surface area contributed by atoms with Crippen molar-refractivity contribution in [2.75, 3.05) is 44.9 Å². The summed E-state index contributed by atoms with van der Waals surface area (Å²) in [5, 5.41) is 3.31. The number of anilines is 1. The molecule has 1 saturated heterocycles. The highest BCUT2D eigenvalue weighted by molar-refractivity contribution is 6.40. The normalized spacial score (nSPS) is 17.9. The highest BCUT2D eigenvalue weighted by Crippen LogP contribution is 2.44. The van der Waals surface area contributed by atoms with Gasteiger partial charge in [-0.25, -0.2) is 4.90 Å². The van der Waals surface area contributed by atoms with Crippen molar-refractivity contribution in [2.45, 2.75) is 31.7 Å². The third kappa shape index (κ3) is 4.42. The highest BCUT2D eigenvalue weighted by Gasteiger charge is 2.41. The maximum Gasteiger partial charge on any atom is 0.266 e. The molecule has 0 aromatic heterocycles. The lowest BCUT2D eigenvalue weighted by Gasteiger charge is -2.32. The van der Waals surface area contributed by atoms with Crippen molar-refractivity contribution in [3.8, 4) is 5.75 Å². The second kappa shape index (κ2) is 9.97. The van der Waals surface area contributed by atoms with E-state index in [9.17, 15) is 14.4 Å². The number of nitrogens with zero attached hydrogens (tertiary/aromatic N) is 2.